The Hall–Kier alpha value is -1.82. The molecule has 0 heterocycles. The quantitative estimate of drug-likeness (QED) is 0.544. The normalized spacial score (nSPS) is 13.3. The summed E-state index contributed by atoms with van der Waals surface area (Å²) in [4.78, 5) is 0. The van der Waals surface area contributed by atoms with Gasteiger partial charge in [-0.3, -0.25) is 0 Å². The standard InChI is InChI=1S/C20H24.C2H6/c1-14(2)16(4)7-8-17(5)18-10-11-19-12-15(3)6-9-20(19)13-18;1-2/h6-9,12-14H,4-5,10-11H2,1-3H3;1-2H3/b8-7-;. The first-order valence-electron chi connectivity index (χ1n) is 8.33. The molecule has 2 rings (SSSR count). The Labute approximate surface area is 137 Å². The monoisotopic (exact) mass is 294 g/mol. The van der Waals surface area contributed by atoms with Crippen LogP contribution < -0.4 is 0 Å². The van der Waals surface area contributed by atoms with E-state index in [2.05, 4.69) is 70.4 Å². The average molecular weight is 294 g/mol. The molecular weight excluding hydrogens is 264 g/mol. The second kappa shape index (κ2) is 8.58. The van der Waals surface area contributed by atoms with Gasteiger partial charge in [-0.05, 0) is 48.0 Å². The Bertz CT molecular complexity index is 594. The largest absolute Gasteiger partial charge is 0.0956 e. The van der Waals surface area contributed by atoms with Crippen molar-refractivity contribution in [2.45, 2.75) is 47.5 Å². The molecule has 0 aliphatic heterocycles. The lowest BCUT2D eigenvalue weighted by atomic mass is 9.88. The first-order valence-corrected chi connectivity index (χ1v) is 8.33. The minimum atomic E-state index is 0.489. The van der Waals surface area contributed by atoms with Gasteiger partial charge in [-0.1, -0.05) is 88.4 Å². The Morgan fingerprint density at radius 1 is 1.09 bits per heavy atom. The van der Waals surface area contributed by atoms with Crippen molar-refractivity contribution >= 4 is 6.08 Å². The molecule has 1 aliphatic rings. The van der Waals surface area contributed by atoms with Crippen molar-refractivity contribution in [3.05, 3.63) is 76.9 Å². The molecule has 22 heavy (non-hydrogen) atoms. The maximum absolute atomic E-state index is 4.20. The highest BCUT2D eigenvalue weighted by atomic mass is 14.2. The zero-order valence-corrected chi connectivity index (χ0v) is 14.9. The summed E-state index contributed by atoms with van der Waals surface area (Å²) >= 11 is 0. The third-order valence-corrected chi connectivity index (χ3v) is 3.94. The fourth-order valence-electron chi connectivity index (χ4n) is 2.38. The third kappa shape index (κ3) is 4.87. The summed E-state index contributed by atoms with van der Waals surface area (Å²) in [5, 5.41) is 0. The molecule has 118 valence electrons. The van der Waals surface area contributed by atoms with Gasteiger partial charge in [-0.15, -0.1) is 0 Å². The number of fused-ring (bicyclic) bond motifs is 1. The van der Waals surface area contributed by atoms with E-state index in [0.29, 0.717) is 5.92 Å². The van der Waals surface area contributed by atoms with Crippen molar-refractivity contribution in [3.63, 3.8) is 0 Å². The van der Waals surface area contributed by atoms with E-state index >= 15 is 0 Å². The first-order chi connectivity index (χ1) is 10.5. The van der Waals surface area contributed by atoms with Gasteiger partial charge in [-0.25, -0.2) is 0 Å². The zero-order valence-electron chi connectivity index (χ0n) is 14.9. The van der Waals surface area contributed by atoms with Crippen LogP contribution >= 0.6 is 0 Å². The van der Waals surface area contributed by atoms with Crippen molar-refractivity contribution < 1.29 is 0 Å². The van der Waals surface area contributed by atoms with E-state index in [9.17, 15) is 0 Å². The summed E-state index contributed by atoms with van der Waals surface area (Å²) in [5.41, 5.74) is 7.74. The van der Waals surface area contributed by atoms with E-state index in [-0.39, 0.29) is 0 Å². The van der Waals surface area contributed by atoms with Gasteiger partial charge in [0.25, 0.3) is 0 Å². The van der Waals surface area contributed by atoms with Crippen LogP contribution in [-0.2, 0) is 6.42 Å². The Morgan fingerprint density at radius 3 is 2.41 bits per heavy atom. The molecule has 0 fully saturated rings. The topological polar surface area (TPSA) is 0 Å². The van der Waals surface area contributed by atoms with Crippen LogP contribution in [0.25, 0.3) is 6.08 Å². The molecule has 0 bridgehead atoms. The van der Waals surface area contributed by atoms with Gasteiger partial charge < -0.3 is 0 Å². The number of hydrogen-bond donors (Lipinski definition) is 0. The van der Waals surface area contributed by atoms with Crippen molar-refractivity contribution in [2.24, 2.45) is 5.92 Å². The fourth-order valence-corrected chi connectivity index (χ4v) is 2.38. The van der Waals surface area contributed by atoms with Gasteiger partial charge >= 0.3 is 0 Å². The Kier molecular flexibility index (Phi) is 7.11. The van der Waals surface area contributed by atoms with Crippen molar-refractivity contribution in [1.82, 2.24) is 0 Å². The lowest BCUT2D eigenvalue weighted by Gasteiger charge is -2.17. The van der Waals surface area contributed by atoms with E-state index in [0.717, 1.165) is 24.0 Å². The summed E-state index contributed by atoms with van der Waals surface area (Å²) in [6.07, 6.45) is 8.67. The molecule has 0 nitrogen and oxygen atoms in total. The molecular formula is C22H30. The van der Waals surface area contributed by atoms with Crippen LogP contribution in [-0.4, -0.2) is 0 Å². The van der Waals surface area contributed by atoms with Gasteiger partial charge in [0.1, 0.15) is 0 Å². The van der Waals surface area contributed by atoms with Crippen LogP contribution in [0.3, 0.4) is 0 Å². The highest BCUT2D eigenvalue weighted by Crippen LogP contribution is 2.29. The van der Waals surface area contributed by atoms with Crippen LogP contribution in [0.4, 0.5) is 0 Å². The molecule has 1 aliphatic carbocycles. The molecule has 0 amide bonds. The van der Waals surface area contributed by atoms with E-state index < -0.39 is 0 Å². The van der Waals surface area contributed by atoms with Crippen LogP contribution in [0.5, 0.6) is 0 Å². The van der Waals surface area contributed by atoms with Crippen LogP contribution in [0.2, 0.25) is 0 Å². The number of benzene rings is 1. The Morgan fingerprint density at radius 2 is 1.77 bits per heavy atom. The molecule has 0 radical (unpaired) electrons. The molecule has 0 N–H and O–H groups in total. The molecule has 0 saturated heterocycles. The summed E-state index contributed by atoms with van der Waals surface area (Å²) < 4.78 is 0. The SMILES string of the molecule is C=C(/C=C\C(=C)C(C)C)C1=Cc2ccc(C)cc2CC1.CC. The minimum absolute atomic E-state index is 0.489. The third-order valence-electron chi connectivity index (χ3n) is 3.94. The average Bonchev–Trinajstić information content (AvgIpc) is 2.53. The van der Waals surface area contributed by atoms with Crippen LogP contribution in [0.1, 0.15) is 50.8 Å². The summed E-state index contributed by atoms with van der Waals surface area (Å²) in [6.45, 7) is 18.7. The molecule has 0 aromatic heterocycles. The molecule has 0 heteroatoms. The van der Waals surface area contributed by atoms with Crippen LogP contribution in [0.15, 0.2) is 60.2 Å². The summed E-state index contributed by atoms with van der Waals surface area (Å²) in [5.74, 6) is 0.489. The maximum atomic E-state index is 4.20. The number of aryl methyl sites for hydroxylation is 2. The summed E-state index contributed by atoms with van der Waals surface area (Å²) in [6, 6.07) is 6.69. The zero-order chi connectivity index (χ0) is 16.7. The minimum Gasteiger partial charge on any atom is -0.0956 e. The number of rotatable bonds is 4. The van der Waals surface area contributed by atoms with E-state index in [1.807, 2.05) is 13.8 Å². The predicted octanol–water partition coefficient (Wildman–Crippen LogP) is 6.68. The predicted molar refractivity (Wildman–Crippen MR) is 101 cm³/mol. The summed E-state index contributed by atoms with van der Waals surface area (Å²) in [7, 11) is 0. The second-order valence-corrected chi connectivity index (χ2v) is 5.96. The van der Waals surface area contributed by atoms with E-state index in [1.54, 1.807) is 0 Å². The Balaban J connectivity index is 0.00000116. The van der Waals surface area contributed by atoms with Crippen LogP contribution in [0, 0.1) is 12.8 Å². The smallest absolute Gasteiger partial charge is 0.0221 e. The van der Waals surface area contributed by atoms with Crippen molar-refractivity contribution in [2.75, 3.05) is 0 Å². The highest BCUT2D eigenvalue weighted by molar-refractivity contribution is 5.65. The molecule has 1 aromatic rings. The van der Waals surface area contributed by atoms with Crippen molar-refractivity contribution in [1.29, 1.82) is 0 Å². The molecule has 0 unspecified atom stereocenters. The van der Waals surface area contributed by atoms with Gasteiger partial charge in [0.15, 0.2) is 0 Å². The van der Waals surface area contributed by atoms with Gasteiger partial charge in [-0.2, -0.15) is 0 Å². The van der Waals surface area contributed by atoms with E-state index in [1.165, 1.54) is 22.3 Å². The van der Waals surface area contributed by atoms with Crippen molar-refractivity contribution in [3.8, 4) is 0 Å². The highest BCUT2D eigenvalue weighted by Gasteiger charge is 2.11. The number of hydrogen-bond acceptors (Lipinski definition) is 0. The lowest BCUT2D eigenvalue weighted by molar-refractivity contribution is 0.795. The molecule has 0 atom stereocenters. The van der Waals surface area contributed by atoms with E-state index in [4.69, 9.17) is 0 Å². The molecule has 0 spiro atoms. The first kappa shape index (κ1) is 18.2. The molecule has 1 aromatic carbocycles. The van der Waals surface area contributed by atoms with Gasteiger partial charge in [0.05, 0.1) is 0 Å². The lowest BCUT2D eigenvalue weighted by Crippen LogP contribution is -2.00. The maximum Gasteiger partial charge on any atom is -0.0221 e. The van der Waals surface area contributed by atoms with Gasteiger partial charge in [0.2, 0.25) is 0 Å². The second-order valence-electron chi connectivity index (χ2n) is 5.96. The van der Waals surface area contributed by atoms with Gasteiger partial charge in [0, 0.05) is 0 Å². The fraction of sp³-hybridized carbons (Fsp3) is 0.364. The molecule has 0 saturated carbocycles. The number of allylic oxidation sites excluding steroid dienone is 5.